The third-order valence-corrected chi connectivity index (χ3v) is 8.73. The average molecular weight is 503 g/mol. The minimum atomic E-state index is 0.172. The van der Waals surface area contributed by atoms with Crippen LogP contribution in [0.2, 0.25) is 0 Å². The molecule has 0 saturated carbocycles. The largest absolute Gasteiger partial charge is 0.480 e. The number of nitrogens with zero attached hydrogens (tertiary/aromatic N) is 7. The number of anilines is 1. The van der Waals surface area contributed by atoms with Gasteiger partial charge in [-0.05, 0) is 46.0 Å². The van der Waals surface area contributed by atoms with E-state index in [0.717, 1.165) is 51.9 Å². The first kappa shape index (κ1) is 23.2. The standard InChI is InChI=1S/C26H30N8OS/c1-25-8-7-17(12-26(2,33-25)10-9-25)34(3)24-27-14-20(30-32-24)19-6-5-18(22-23(19)36-15-28-22)16-11-21(35-4)31-29-13-16/h5-6,11,13-15,17,33H,7-10,12H2,1-4H3/t17-,25+,26+/m1/s1. The fourth-order valence-electron chi connectivity index (χ4n) is 5.88. The van der Waals surface area contributed by atoms with Crippen LogP contribution in [0.25, 0.3) is 32.6 Å². The van der Waals surface area contributed by atoms with Crippen molar-refractivity contribution in [3.63, 3.8) is 0 Å². The first-order chi connectivity index (χ1) is 17.4. The number of ether oxygens (including phenoxy) is 1. The summed E-state index contributed by atoms with van der Waals surface area (Å²) in [5, 5.41) is 21.1. The average Bonchev–Trinajstić information content (AvgIpc) is 3.47. The molecule has 5 heterocycles. The van der Waals surface area contributed by atoms with E-state index < -0.39 is 0 Å². The van der Waals surface area contributed by atoms with Crippen molar-refractivity contribution in [1.82, 2.24) is 35.7 Å². The zero-order valence-corrected chi connectivity index (χ0v) is 21.8. The van der Waals surface area contributed by atoms with Gasteiger partial charge in [-0.1, -0.05) is 12.1 Å². The van der Waals surface area contributed by atoms with Crippen LogP contribution in [0, 0.1) is 0 Å². The van der Waals surface area contributed by atoms with Gasteiger partial charge in [0.15, 0.2) is 0 Å². The second-order valence-electron chi connectivity index (χ2n) is 10.6. The fourth-order valence-corrected chi connectivity index (χ4v) is 6.72. The zero-order valence-electron chi connectivity index (χ0n) is 21.0. The van der Waals surface area contributed by atoms with E-state index in [1.165, 1.54) is 12.8 Å². The molecule has 3 atom stereocenters. The number of nitrogens with one attached hydrogen (secondary N) is 1. The van der Waals surface area contributed by atoms with Crippen LogP contribution >= 0.6 is 11.3 Å². The van der Waals surface area contributed by atoms with E-state index in [2.05, 4.69) is 56.5 Å². The summed E-state index contributed by atoms with van der Waals surface area (Å²) in [5.41, 5.74) is 6.73. The molecule has 36 heavy (non-hydrogen) atoms. The van der Waals surface area contributed by atoms with Crippen molar-refractivity contribution in [2.45, 2.75) is 63.1 Å². The number of hydrogen-bond donors (Lipinski definition) is 1. The lowest BCUT2D eigenvalue weighted by Crippen LogP contribution is -2.47. The Morgan fingerprint density at radius 3 is 2.67 bits per heavy atom. The summed E-state index contributed by atoms with van der Waals surface area (Å²) in [4.78, 5) is 11.6. The zero-order chi connectivity index (χ0) is 24.9. The molecule has 2 aliphatic heterocycles. The summed E-state index contributed by atoms with van der Waals surface area (Å²) in [6, 6.07) is 6.33. The molecule has 0 unspecified atom stereocenters. The Hall–Kier alpha value is -3.24. The molecule has 2 aliphatic rings. The summed E-state index contributed by atoms with van der Waals surface area (Å²) in [6.07, 6.45) is 9.39. The lowest BCUT2D eigenvalue weighted by atomic mass is 9.84. The molecule has 1 N–H and O–H groups in total. The highest BCUT2D eigenvalue weighted by Gasteiger charge is 2.46. The quantitative estimate of drug-likeness (QED) is 0.422. The summed E-state index contributed by atoms with van der Waals surface area (Å²) in [5.74, 6) is 1.14. The molecule has 4 aromatic rings. The van der Waals surface area contributed by atoms with Crippen LogP contribution in [-0.2, 0) is 0 Å². The number of hydrogen-bond acceptors (Lipinski definition) is 10. The molecule has 0 amide bonds. The van der Waals surface area contributed by atoms with Crippen LogP contribution in [-0.4, -0.2) is 61.6 Å². The Balaban J connectivity index is 1.28. The van der Waals surface area contributed by atoms with E-state index in [4.69, 9.17) is 9.72 Å². The summed E-state index contributed by atoms with van der Waals surface area (Å²) in [7, 11) is 3.68. The van der Waals surface area contributed by atoms with Gasteiger partial charge in [0, 0.05) is 46.9 Å². The normalized spacial score (nSPS) is 25.6. The van der Waals surface area contributed by atoms with Crippen LogP contribution in [0.3, 0.4) is 0 Å². The number of aromatic nitrogens is 6. The van der Waals surface area contributed by atoms with Gasteiger partial charge in [-0.15, -0.1) is 26.6 Å². The number of benzene rings is 1. The van der Waals surface area contributed by atoms with Crippen molar-refractivity contribution < 1.29 is 4.74 Å². The van der Waals surface area contributed by atoms with Crippen LogP contribution in [0.5, 0.6) is 5.88 Å². The van der Waals surface area contributed by atoms with E-state index in [9.17, 15) is 0 Å². The number of methoxy groups -OCH3 is 1. The lowest BCUT2D eigenvalue weighted by Gasteiger charge is -2.33. The molecule has 0 radical (unpaired) electrons. The van der Waals surface area contributed by atoms with Gasteiger partial charge >= 0.3 is 0 Å². The molecule has 2 bridgehead atoms. The predicted octanol–water partition coefficient (Wildman–Crippen LogP) is 4.50. The molecular weight excluding hydrogens is 472 g/mol. The van der Waals surface area contributed by atoms with Gasteiger partial charge in [-0.25, -0.2) is 9.97 Å². The molecule has 6 rings (SSSR count). The smallest absolute Gasteiger partial charge is 0.245 e. The number of fused-ring (bicyclic) bond motifs is 3. The van der Waals surface area contributed by atoms with Gasteiger partial charge in [0.1, 0.15) is 5.69 Å². The molecule has 10 heteroatoms. The van der Waals surface area contributed by atoms with Crippen molar-refractivity contribution in [3.05, 3.63) is 36.1 Å². The number of thiazole rings is 1. The summed E-state index contributed by atoms with van der Waals surface area (Å²) >= 11 is 1.58. The van der Waals surface area contributed by atoms with E-state index in [1.54, 1.807) is 24.6 Å². The first-order valence-electron chi connectivity index (χ1n) is 12.3. The predicted molar refractivity (Wildman–Crippen MR) is 141 cm³/mol. The molecule has 1 aromatic carbocycles. The Morgan fingerprint density at radius 1 is 1.03 bits per heavy atom. The lowest BCUT2D eigenvalue weighted by molar-refractivity contribution is 0.328. The van der Waals surface area contributed by atoms with Crippen molar-refractivity contribution in [2.75, 3.05) is 19.1 Å². The Morgan fingerprint density at radius 2 is 1.86 bits per heavy atom. The van der Waals surface area contributed by atoms with Gasteiger partial charge in [0.25, 0.3) is 0 Å². The molecule has 186 valence electrons. The SMILES string of the molecule is COc1cc(-c2ccc(-c3cnc(N(C)[C@@H]4CC[C@@]5(C)CC[C@@](C)(C4)N5)nn3)c3scnc23)cnn1. The molecule has 2 fully saturated rings. The topological polar surface area (TPSA) is 102 Å². The van der Waals surface area contributed by atoms with Gasteiger partial charge < -0.3 is 15.0 Å². The highest BCUT2D eigenvalue weighted by Crippen LogP contribution is 2.42. The third kappa shape index (κ3) is 4.08. The summed E-state index contributed by atoms with van der Waals surface area (Å²) < 4.78 is 6.28. The first-order valence-corrected chi connectivity index (χ1v) is 13.2. The Bertz CT molecular complexity index is 1410. The minimum Gasteiger partial charge on any atom is -0.480 e. The van der Waals surface area contributed by atoms with Crippen LogP contribution in [0.15, 0.2) is 36.1 Å². The van der Waals surface area contributed by atoms with Crippen molar-refractivity contribution in [3.8, 4) is 28.3 Å². The highest BCUT2D eigenvalue weighted by atomic mass is 32.1. The summed E-state index contributed by atoms with van der Waals surface area (Å²) in [6.45, 7) is 4.72. The highest BCUT2D eigenvalue weighted by molar-refractivity contribution is 7.17. The Labute approximate surface area is 214 Å². The fraction of sp³-hybridized carbons (Fsp3) is 0.462. The van der Waals surface area contributed by atoms with Gasteiger partial charge in [0.05, 0.1) is 35.2 Å². The monoisotopic (exact) mass is 502 g/mol. The molecular formula is C26H30N8OS. The van der Waals surface area contributed by atoms with Crippen LogP contribution < -0.4 is 15.0 Å². The molecule has 2 saturated heterocycles. The molecule has 0 spiro atoms. The molecule has 0 aliphatic carbocycles. The minimum absolute atomic E-state index is 0.172. The van der Waals surface area contributed by atoms with Gasteiger partial charge in [-0.3, -0.25) is 0 Å². The van der Waals surface area contributed by atoms with E-state index in [0.29, 0.717) is 17.9 Å². The van der Waals surface area contributed by atoms with E-state index in [1.807, 2.05) is 29.9 Å². The van der Waals surface area contributed by atoms with Crippen molar-refractivity contribution in [2.24, 2.45) is 0 Å². The third-order valence-electron chi connectivity index (χ3n) is 7.87. The van der Waals surface area contributed by atoms with E-state index >= 15 is 0 Å². The maximum absolute atomic E-state index is 5.24. The second-order valence-corrected chi connectivity index (χ2v) is 11.4. The number of rotatable bonds is 5. The maximum Gasteiger partial charge on any atom is 0.245 e. The van der Waals surface area contributed by atoms with Crippen molar-refractivity contribution >= 4 is 27.5 Å². The van der Waals surface area contributed by atoms with Crippen LogP contribution in [0.1, 0.15) is 46.0 Å². The Kier molecular flexibility index (Phi) is 5.60. The van der Waals surface area contributed by atoms with Gasteiger partial charge in [-0.2, -0.15) is 5.10 Å². The second kappa shape index (κ2) is 8.70. The van der Waals surface area contributed by atoms with Crippen LogP contribution in [0.4, 0.5) is 5.95 Å². The van der Waals surface area contributed by atoms with E-state index in [-0.39, 0.29) is 11.1 Å². The molecule has 9 nitrogen and oxygen atoms in total. The molecule has 3 aromatic heterocycles. The van der Waals surface area contributed by atoms with Crippen molar-refractivity contribution in [1.29, 1.82) is 0 Å². The maximum atomic E-state index is 5.24. The van der Waals surface area contributed by atoms with Gasteiger partial charge in [0.2, 0.25) is 11.8 Å².